The number of nitrogens with one attached hydrogen (secondary N) is 1. The normalized spacial score (nSPS) is 27.4. The lowest BCUT2D eigenvalue weighted by atomic mass is 9.82. The highest BCUT2D eigenvalue weighted by Gasteiger charge is 2.35. The maximum Gasteiger partial charge on any atom is 0.407 e. The Morgan fingerprint density at radius 2 is 2.00 bits per heavy atom. The van der Waals surface area contributed by atoms with E-state index in [1.807, 2.05) is 0 Å². The van der Waals surface area contributed by atoms with E-state index in [1.54, 1.807) is 20.8 Å². The number of rotatable bonds is 3. The second-order valence-electron chi connectivity index (χ2n) is 5.85. The van der Waals surface area contributed by atoms with Crippen LogP contribution in [0.4, 0.5) is 4.79 Å². The first-order valence-corrected chi connectivity index (χ1v) is 6.41. The van der Waals surface area contributed by atoms with Gasteiger partial charge in [-0.2, -0.15) is 0 Å². The monoisotopic (exact) mass is 270 g/mol. The fourth-order valence-electron chi connectivity index (χ4n) is 2.21. The van der Waals surface area contributed by atoms with Gasteiger partial charge in [-0.15, -0.1) is 0 Å². The molecule has 1 rings (SSSR count). The van der Waals surface area contributed by atoms with Gasteiger partial charge >= 0.3 is 12.1 Å². The van der Waals surface area contributed by atoms with Crippen LogP contribution in [-0.2, 0) is 9.53 Å². The summed E-state index contributed by atoms with van der Waals surface area (Å²) >= 11 is 0. The Morgan fingerprint density at radius 3 is 2.47 bits per heavy atom. The molecule has 6 nitrogen and oxygen atoms in total. The van der Waals surface area contributed by atoms with E-state index in [4.69, 9.17) is 9.84 Å². The highest BCUT2D eigenvalue weighted by atomic mass is 16.6. The fraction of sp³-hybridized carbons (Fsp3) is 0.769. The molecule has 0 aromatic rings. The number of hydrogen-bond donors (Lipinski definition) is 2. The van der Waals surface area contributed by atoms with Crippen molar-refractivity contribution in [1.82, 2.24) is 5.32 Å². The van der Waals surface area contributed by atoms with Crippen LogP contribution in [0.5, 0.6) is 0 Å². The van der Waals surface area contributed by atoms with Crippen LogP contribution in [0.15, 0.2) is 4.99 Å². The van der Waals surface area contributed by atoms with Gasteiger partial charge in [0.05, 0.1) is 18.0 Å². The molecular formula is C13H22N2O4. The summed E-state index contributed by atoms with van der Waals surface area (Å²) in [6.45, 7) is 8.82. The summed E-state index contributed by atoms with van der Waals surface area (Å²) in [5, 5.41) is 11.7. The quantitative estimate of drug-likeness (QED) is 0.766. The van der Waals surface area contributed by atoms with Gasteiger partial charge in [0, 0.05) is 0 Å². The highest BCUT2D eigenvalue weighted by Crippen LogP contribution is 2.27. The van der Waals surface area contributed by atoms with Gasteiger partial charge in [0.25, 0.3) is 0 Å². The lowest BCUT2D eigenvalue weighted by Crippen LogP contribution is -2.48. The van der Waals surface area contributed by atoms with Crippen molar-refractivity contribution < 1.29 is 19.4 Å². The van der Waals surface area contributed by atoms with Crippen LogP contribution in [0.2, 0.25) is 0 Å². The van der Waals surface area contributed by atoms with E-state index in [0.29, 0.717) is 19.3 Å². The first-order chi connectivity index (χ1) is 8.73. The number of carboxylic acids is 1. The van der Waals surface area contributed by atoms with Gasteiger partial charge in [-0.25, -0.2) is 4.79 Å². The van der Waals surface area contributed by atoms with Crippen LogP contribution < -0.4 is 5.32 Å². The molecule has 0 heterocycles. The molecular weight excluding hydrogens is 248 g/mol. The van der Waals surface area contributed by atoms with Crippen LogP contribution in [-0.4, -0.2) is 41.6 Å². The van der Waals surface area contributed by atoms with Gasteiger partial charge in [0.1, 0.15) is 5.60 Å². The second kappa shape index (κ2) is 6.04. The van der Waals surface area contributed by atoms with Gasteiger partial charge < -0.3 is 15.2 Å². The molecule has 0 aromatic heterocycles. The van der Waals surface area contributed by atoms with E-state index in [9.17, 15) is 9.59 Å². The van der Waals surface area contributed by atoms with Crippen LogP contribution in [0.1, 0.15) is 40.0 Å². The van der Waals surface area contributed by atoms with E-state index >= 15 is 0 Å². The average Bonchev–Trinajstić information content (AvgIpc) is 2.26. The molecule has 19 heavy (non-hydrogen) atoms. The molecule has 0 bridgehead atoms. The van der Waals surface area contributed by atoms with E-state index in [1.165, 1.54) is 0 Å². The van der Waals surface area contributed by atoms with Crippen molar-refractivity contribution in [3.63, 3.8) is 0 Å². The van der Waals surface area contributed by atoms with E-state index in [0.717, 1.165) is 0 Å². The minimum Gasteiger partial charge on any atom is -0.481 e. The molecule has 0 unspecified atom stereocenters. The maximum atomic E-state index is 11.7. The van der Waals surface area contributed by atoms with Gasteiger partial charge in [0.2, 0.25) is 0 Å². The minimum atomic E-state index is -0.835. The fourth-order valence-corrected chi connectivity index (χ4v) is 2.21. The zero-order valence-corrected chi connectivity index (χ0v) is 11.7. The molecule has 2 N–H and O–H groups in total. The number of aliphatic carboxylic acids is 1. The summed E-state index contributed by atoms with van der Waals surface area (Å²) in [5.41, 5.74) is -0.581. The van der Waals surface area contributed by atoms with Crippen molar-refractivity contribution in [2.24, 2.45) is 10.9 Å². The molecule has 108 valence electrons. The number of carbonyl (C=O) groups excluding carboxylic acids is 1. The molecule has 0 spiro atoms. The zero-order chi connectivity index (χ0) is 14.6. The largest absolute Gasteiger partial charge is 0.481 e. The number of hydrogen-bond acceptors (Lipinski definition) is 4. The number of carboxylic acid groups (broad SMARTS) is 1. The molecule has 0 aromatic carbocycles. The molecule has 1 aliphatic rings. The topological polar surface area (TPSA) is 88.0 Å². The zero-order valence-electron chi connectivity index (χ0n) is 11.7. The highest BCUT2D eigenvalue weighted by molar-refractivity contribution is 5.71. The third-order valence-electron chi connectivity index (χ3n) is 3.10. The summed E-state index contributed by atoms with van der Waals surface area (Å²) < 4.78 is 5.17. The van der Waals surface area contributed by atoms with Crippen molar-refractivity contribution in [1.29, 1.82) is 0 Å². The molecule has 0 saturated heterocycles. The Morgan fingerprint density at radius 1 is 1.37 bits per heavy atom. The number of carbonyl (C=O) groups is 2. The summed E-state index contributed by atoms with van der Waals surface area (Å²) in [5.74, 6) is -1.28. The van der Waals surface area contributed by atoms with Crippen molar-refractivity contribution >= 4 is 18.8 Å². The third kappa shape index (κ3) is 4.89. The van der Waals surface area contributed by atoms with Gasteiger partial charge in [0.15, 0.2) is 0 Å². The predicted octanol–water partition coefficient (Wildman–Crippen LogP) is 1.83. The summed E-state index contributed by atoms with van der Waals surface area (Å²) in [7, 11) is 0. The lowest BCUT2D eigenvalue weighted by molar-refractivity contribution is -0.143. The second-order valence-corrected chi connectivity index (χ2v) is 5.85. The first kappa shape index (κ1) is 15.5. The summed E-state index contributed by atoms with van der Waals surface area (Å²) in [4.78, 5) is 26.7. The van der Waals surface area contributed by atoms with Crippen molar-refractivity contribution in [3.8, 4) is 0 Å². The molecule has 3 atom stereocenters. The standard InChI is InChI=1S/C13H22N2O4/c1-13(2,3)19-12(18)15-10-7-8(11(16)17)5-6-9(10)14-4/h8-10H,4-7H2,1-3H3,(H,15,18)(H,16,17)/t8-,9-,10+/m0/s1. The molecule has 1 aliphatic carbocycles. The first-order valence-electron chi connectivity index (χ1n) is 6.41. The molecule has 1 fully saturated rings. The Hall–Kier alpha value is -1.59. The summed E-state index contributed by atoms with van der Waals surface area (Å²) in [6.07, 6.45) is 0.988. The lowest BCUT2D eigenvalue weighted by Gasteiger charge is -2.33. The van der Waals surface area contributed by atoms with Crippen LogP contribution in [0.3, 0.4) is 0 Å². The molecule has 6 heteroatoms. The van der Waals surface area contributed by atoms with Crippen LogP contribution in [0, 0.1) is 5.92 Å². The van der Waals surface area contributed by atoms with Gasteiger partial charge in [-0.3, -0.25) is 9.79 Å². The SMILES string of the molecule is C=N[C@H]1CC[C@H](C(=O)O)C[C@H]1NC(=O)OC(C)(C)C. The summed E-state index contributed by atoms with van der Waals surface area (Å²) in [6, 6.07) is -0.481. The Bertz CT molecular complexity index is 362. The molecule has 0 aliphatic heterocycles. The number of amides is 1. The Kier molecular flexibility index (Phi) is 4.91. The van der Waals surface area contributed by atoms with Crippen molar-refractivity contribution in [2.75, 3.05) is 0 Å². The van der Waals surface area contributed by atoms with E-state index < -0.39 is 23.6 Å². The predicted molar refractivity (Wildman–Crippen MR) is 71.5 cm³/mol. The molecule has 1 amide bonds. The number of ether oxygens (including phenoxy) is 1. The molecule has 1 saturated carbocycles. The maximum absolute atomic E-state index is 11.7. The number of nitrogens with zero attached hydrogens (tertiary/aromatic N) is 1. The third-order valence-corrected chi connectivity index (χ3v) is 3.10. The van der Waals surface area contributed by atoms with Crippen molar-refractivity contribution in [3.05, 3.63) is 0 Å². The van der Waals surface area contributed by atoms with Crippen LogP contribution >= 0.6 is 0 Å². The Labute approximate surface area is 113 Å². The molecule has 0 radical (unpaired) electrons. The average molecular weight is 270 g/mol. The van der Waals surface area contributed by atoms with Gasteiger partial charge in [-0.05, 0) is 46.8 Å². The minimum absolute atomic E-state index is 0.150. The van der Waals surface area contributed by atoms with Crippen LogP contribution in [0.25, 0.3) is 0 Å². The van der Waals surface area contributed by atoms with E-state index in [2.05, 4.69) is 17.0 Å². The number of alkyl carbamates (subject to hydrolysis) is 1. The Balaban J connectivity index is 2.63. The van der Waals surface area contributed by atoms with Gasteiger partial charge in [-0.1, -0.05) is 0 Å². The van der Waals surface area contributed by atoms with Crippen molar-refractivity contribution in [2.45, 2.75) is 57.7 Å². The van der Waals surface area contributed by atoms with E-state index in [-0.39, 0.29) is 12.1 Å². The number of aliphatic imine (C=N–C) groups is 1. The smallest absolute Gasteiger partial charge is 0.407 e.